The molecular weight excluding hydrogens is 412 g/mol. The third kappa shape index (κ3) is 5.93. The van der Waals surface area contributed by atoms with Gasteiger partial charge < -0.3 is 20.1 Å². The number of H-pyrrole nitrogens is 1. The van der Waals surface area contributed by atoms with E-state index in [1.165, 1.54) is 16.6 Å². The van der Waals surface area contributed by atoms with E-state index in [4.69, 9.17) is 15.2 Å². The van der Waals surface area contributed by atoms with Gasteiger partial charge in [0.2, 0.25) is 5.91 Å². The van der Waals surface area contributed by atoms with Gasteiger partial charge in [0.1, 0.15) is 17.3 Å². The van der Waals surface area contributed by atoms with Gasteiger partial charge >= 0.3 is 5.69 Å². The molecule has 0 unspecified atom stereocenters. The number of nitrogen functional groups attached to an aromatic ring is 1. The number of nitrogens with zero attached hydrogens (tertiary/aromatic N) is 2. The molecule has 1 amide bonds. The Balaban J connectivity index is 2.50. The van der Waals surface area contributed by atoms with Crippen LogP contribution in [0.3, 0.4) is 0 Å². The molecule has 1 aromatic carbocycles. The molecule has 0 atom stereocenters. The Labute approximate surface area is 188 Å². The predicted octanol–water partition coefficient (Wildman–Crippen LogP) is 2.56. The number of carbonyl (C=O) groups is 1. The van der Waals surface area contributed by atoms with Crippen molar-refractivity contribution in [2.45, 2.75) is 53.0 Å². The largest absolute Gasteiger partial charge is 0.497 e. The third-order valence-corrected chi connectivity index (χ3v) is 5.29. The maximum Gasteiger partial charge on any atom is 0.330 e. The number of aromatic amines is 1. The Bertz CT molecular complexity index is 1040. The van der Waals surface area contributed by atoms with E-state index in [1.54, 1.807) is 25.3 Å². The van der Waals surface area contributed by atoms with Crippen molar-refractivity contribution in [1.82, 2.24) is 9.55 Å². The van der Waals surface area contributed by atoms with Crippen molar-refractivity contribution in [1.29, 1.82) is 0 Å². The molecule has 1 heterocycles. The van der Waals surface area contributed by atoms with E-state index < -0.39 is 11.2 Å². The molecule has 1 aromatic heterocycles. The normalized spacial score (nSPS) is 10.9. The van der Waals surface area contributed by atoms with Crippen LogP contribution in [0.4, 0.5) is 11.5 Å². The van der Waals surface area contributed by atoms with Crippen LogP contribution in [0.25, 0.3) is 0 Å². The lowest BCUT2D eigenvalue weighted by molar-refractivity contribution is -0.118. The van der Waals surface area contributed by atoms with E-state index in [9.17, 15) is 14.4 Å². The summed E-state index contributed by atoms with van der Waals surface area (Å²) in [7, 11) is 3.07. The summed E-state index contributed by atoms with van der Waals surface area (Å²) in [6.07, 6.45) is 2.24. The monoisotopic (exact) mass is 446 g/mol. The van der Waals surface area contributed by atoms with Crippen LogP contribution in [0, 0.1) is 5.92 Å². The van der Waals surface area contributed by atoms with Gasteiger partial charge in [-0.1, -0.05) is 33.3 Å². The maximum absolute atomic E-state index is 13.4. The molecular formula is C23H34N4O5. The van der Waals surface area contributed by atoms with Gasteiger partial charge in [-0.05, 0) is 24.8 Å². The molecule has 3 N–H and O–H groups in total. The quantitative estimate of drug-likeness (QED) is 0.547. The number of methoxy groups -OCH3 is 2. The van der Waals surface area contributed by atoms with E-state index in [0.29, 0.717) is 42.5 Å². The molecule has 0 bridgehead atoms. The molecule has 0 aliphatic carbocycles. The summed E-state index contributed by atoms with van der Waals surface area (Å²) >= 11 is 0. The maximum atomic E-state index is 13.4. The zero-order valence-electron chi connectivity index (χ0n) is 19.6. The number of nitrogens with two attached hydrogens (primary N) is 1. The van der Waals surface area contributed by atoms with E-state index in [2.05, 4.69) is 4.98 Å². The van der Waals surface area contributed by atoms with Gasteiger partial charge in [-0.25, -0.2) is 4.79 Å². The lowest BCUT2D eigenvalue weighted by Crippen LogP contribution is -2.42. The summed E-state index contributed by atoms with van der Waals surface area (Å²) < 4.78 is 12.0. The lowest BCUT2D eigenvalue weighted by Gasteiger charge is -2.25. The molecule has 9 nitrogen and oxygen atoms in total. The summed E-state index contributed by atoms with van der Waals surface area (Å²) in [5.74, 6) is 1.11. The van der Waals surface area contributed by atoms with Gasteiger partial charge in [0.25, 0.3) is 5.56 Å². The fourth-order valence-electron chi connectivity index (χ4n) is 3.38. The van der Waals surface area contributed by atoms with Crippen LogP contribution < -0.4 is 31.4 Å². The molecule has 2 rings (SSSR count). The van der Waals surface area contributed by atoms with Crippen molar-refractivity contribution >= 4 is 17.4 Å². The van der Waals surface area contributed by atoms with Crippen molar-refractivity contribution in [2.75, 3.05) is 31.4 Å². The van der Waals surface area contributed by atoms with E-state index in [1.807, 2.05) is 20.8 Å². The Hall–Kier alpha value is -3.23. The van der Waals surface area contributed by atoms with Gasteiger partial charge in [0.05, 0.1) is 20.6 Å². The number of aromatic nitrogens is 2. The first-order valence-electron chi connectivity index (χ1n) is 10.9. The van der Waals surface area contributed by atoms with Crippen LogP contribution in [0.5, 0.6) is 11.5 Å². The number of ether oxygens (including phenoxy) is 2. The fourth-order valence-corrected chi connectivity index (χ4v) is 3.38. The van der Waals surface area contributed by atoms with Crippen molar-refractivity contribution in [3.8, 4) is 11.5 Å². The smallest absolute Gasteiger partial charge is 0.330 e. The zero-order valence-corrected chi connectivity index (χ0v) is 19.6. The highest BCUT2D eigenvalue weighted by Crippen LogP contribution is 2.27. The number of amides is 1. The zero-order chi connectivity index (χ0) is 23.8. The van der Waals surface area contributed by atoms with Crippen LogP contribution in [0.1, 0.15) is 45.6 Å². The van der Waals surface area contributed by atoms with E-state index >= 15 is 0 Å². The molecule has 0 saturated heterocycles. The highest BCUT2D eigenvalue weighted by atomic mass is 16.5. The van der Waals surface area contributed by atoms with Crippen molar-refractivity contribution in [2.24, 2.45) is 5.92 Å². The first-order chi connectivity index (χ1) is 15.2. The molecule has 0 fully saturated rings. The Morgan fingerprint density at radius 3 is 2.53 bits per heavy atom. The molecule has 0 saturated carbocycles. The molecule has 0 aliphatic rings. The van der Waals surface area contributed by atoms with Crippen LogP contribution in [0.2, 0.25) is 0 Å². The molecule has 176 valence electrons. The topological polar surface area (TPSA) is 120 Å². The number of anilines is 2. The first kappa shape index (κ1) is 25.0. The summed E-state index contributed by atoms with van der Waals surface area (Å²) in [6.45, 7) is 6.72. The van der Waals surface area contributed by atoms with Gasteiger partial charge in [-0.3, -0.25) is 19.1 Å². The van der Waals surface area contributed by atoms with Gasteiger partial charge in [0.15, 0.2) is 5.69 Å². The lowest BCUT2D eigenvalue weighted by atomic mass is 10.1. The molecule has 32 heavy (non-hydrogen) atoms. The standard InChI is InChI=1S/C23H34N4O5/c1-6-7-11-27-21(24)20(22(29)25-23(27)30)26(12-10-15(2)3)19(28)13-16-8-9-17(31-4)14-18(16)32-5/h8-9,14-15H,6-7,10-13,24H2,1-5H3,(H,25,29,30). The van der Waals surface area contributed by atoms with Gasteiger partial charge in [0, 0.05) is 24.7 Å². The third-order valence-electron chi connectivity index (χ3n) is 5.29. The summed E-state index contributed by atoms with van der Waals surface area (Å²) in [6, 6.07) is 5.20. The Morgan fingerprint density at radius 2 is 1.94 bits per heavy atom. The fraction of sp³-hybridized carbons (Fsp3) is 0.522. The van der Waals surface area contributed by atoms with Gasteiger partial charge in [-0.2, -0.15) is 0 Å². The Kier molecular flexibility index (Phi) is 8.92. The number of carbonyl (C=O) groups excluding carboxylic acids is 1. The van der Waals surface area contributed by atoms with E-state index in [0.717, 1.165) is 12.8 Å². The summed E-state index contributed by atoms with van der Waals surface area (Å²) in [4.78, 5) is 42.2. The van der Waals surface area contributed by atoms with Crippen LogP contribution in [-0.2, 0) is 17.8 Å². The minimum Gasteiger partial charge on any atom is -0.497 e. The first-order valence-corrected chi connectivity index (χ1v) is 10.9. The number of hydrogen-bond acceptors (Lipinski definition) is 6. The molecule has 2 aromatic rings. The highest BCUT2D eigenvalue weighted by Gasteiger charge is 2.25. The van der Waals surface area contributed by atoms with Crippen molar-refractivity contribution in [3.05, 3.63) is 44.6 Å². The van der Waals surface area contributed by atoms with Crippen LogP contribution in [-0.4, -0.2) is 36.2 Å². The van der Waals surface area contributed by atoms with Crippen molar-refractivity contribution in [3.63, 3.8) is 0 Å². The number of nitrogens with one attached hydrogen (secondary N) is 1. The SMILES string of the molecule is CCCCn1c(N)c(N(CCC(C)C)C(=O)Cc2ccc(OC)cc2OC)c(=O)[nH]c1=O. The minimum absolute atomic E-state index is 0.00176. The number of hydrogen-bond donors (Lipinski definition) is 2. The number of rotatable bonds is 11. The number of benzene rings is 1. The van der Waals surface area contributed by atoms with Crippen LogP contribution >= 0.6 is 0 Å². The molecule has 0 spiro atoms. The number of unbranched alkanes of at least 4 members (excludes halogenated alkanes) is 1. The van der Waals surface area contributed by atoms with E-state index in [-0.39, 0.29) is 23.8 Å². The van der Waals surface area contributed by atoms with Crippen LogP contribution in [0.15, 0.2) is 27.8 Å². The average molecular weight is 447 g/mol. The summed E-state index contributed by atoms with van der Waals surface area (Å²) in [5.41, 5.74) is 5.69. The predicted molar refractivity (Wildman–Crippen MR) is 126 cm³/mol. The second-order valence-corrected chi connectivity index (χ2v) is 8.08. The molecule has 9 heteroatoms. The molecule has 0 aliphatic heterocycles. The second-order valence-electron chi connectivity index (χ2n) is 8.08. The van der Waals surface area contributed by atoms with Gasteiger partial charge in [-0.15, -0.1) is 0 Å². The molecule has 0 radical (unpaired) electrons. The highest BCUT2D eigenvalue weighted by molar-refractivity contribution is 5.97. The van der Waals surface area contributed by atoms with Crippen molar-refractivity contribution < 1.29 is 14.3 Å². The second kappa shape index (κ2) is 11.4. The Morgan fingerprint density at radius 1 is 1.22 bits per heavy atom. The summed E-state index contributed by atoms with van der Waals surface area (Å²) in [5, 5.41) is 0. The average Bonchev–Trinajstić information content (AvgIpc) is 2.75. The minimum atomic E-state index is -0.668.